The summed E-state index contributed by atoms with van der Waals surface area (Å²) in [4.78, 5) is 10.9. The molecule has 0 radical (unpaired) electrons. The molecule has 0 saturated carbocycles. The summed E-state index contributed by atoms with van der Waals surface area (Å²) in [5.74, 6) is 0.293. The summed E-state index contributed by atoms with van der Waals surface area (Å²) in [6, 6.07) is 0. The molecule has 1 fully saturated rings. The topological polar surface area (TPSA) is 38.3 Å². The summed E-state index contributed by atoms with van der Waals surface area (Å²) in [6.07, 6.45) is 0.0949. The molecule has 0 bridgehead atoms. The SMILES string of the molecule is COC1CNCC1C(C)=O. The Hall–Kier alpha value is -0.410. The fourth-order valence-corrected chi connectivity index (χ4v) is 1.31. The van der Waals surface area contributed by atoms with Crippen LogP contribution in [0.3, 0.4) is 0 Å². The largest absolute Gasteiger partial charge is 0.379 e. The minimum atomic E-state index is 0.0741. The van der Waals surface area contributed by atoms with Gasteiger partial charge >= 0.3 is 0 Å². The summed E-state index contributed by atoms with van der Waals surface area (Å²) in [5, 5.41) is 3.11. The van der Waals surface area contributed by atoms with E-state index in [9.17, 15) is 4.79 Å². The van der Waals surface area contributed by atoms with E-state index in [4.69, 9.17) is 4.74 Å². The molecular formula is C7H13NO2. The average molecular weight is 143 g/mol. The van der Waals surface area contributed by atoms with Crippen molar-refractivity contribution in [1.29, 1.82) is 0 Å². The predicted molar refractivity (Wildman–Crippen MR) is 37.8 cm³/mol. The second-order valence-corrected chi connectivity index (χ2v) is 2.65. The van der Waals surface area contributed by atoms with Gasteiger partial charge in [0.15, 0.2) is 0 Å². The van der Waals surface area contributed by atoms with Crippen LogP contribution in [-0.2, 0) is 9.53 Å². The molecular weight excluding hydrogens is 130 g/mol. The third kappa shape index (κ3) is 1.36. The van der Waals surface area contributed by atoms with E-state index in [2.05, 4.69) is 5.32 Å². The van der Waals surface area contributed by atoms with Crippen molar-refractivity contribution in [3.63, 3.8) is 0 Å². The lowest BCUT2D eigenvalue weighted by molar-refractivity contribution is -0.123. The maximum atomic E-state index is 10.9. The van der Waals surface area contributed by atoms with E-state index in [-0.39, 0.29) is 17.8 Å². The molecule has 1 aliphatic heterocycles. The van der Waals surface area contributed by atoms with Gasteiger partial charge in [0, 0.05) is 20.2 Å². The lowest BCUT2D eigenvalue weighted by Crippen LogP contribution is -2.26. The Kier molecular flexibility index (Phi) is 2.40. The van der Waals surface area contributed by atoms with Crippen LogP contribution in [0.2, 0.25) is 0 Å². The number of hydrogen-bond donors (Lipinski definition) is 1. The molecule has 0 amide bonds. The van der Waals surface area contributed by atoms with Crippen molar-refractivity contribution >= 4 is 5.78 Å². The van der Waals surface area contributed by atoms with Crippen molar-refractivity contribution in [2.24, 2.45) is 5.92 Å². The zero-order chi connectivity index (χ0) is 7.56. The van der Waals surface area contributed by atoms with Gasteiger partial charge in [0.25, 0.3) is 0 Å². The van der Waals surface area contributed by atoms with Gasteiger partial charge in [-0.25, -0.2) is 0 Å². The zero-order valence-corrected chi connectivity index (χ0v) is 6.39. The minimum Gasteiger partial charge on any atom is -0.379 e. The van der Waals surface area contributed by atoms with Gasteiger partial charge in [-0.15, -0.1) is 0 Å². The summed E-state index contributed by atoms with van der Waals surface area (Å²) < 4.78 is 5.10. The Morgan fingerprint density at radius 3 is 2.70 bits per heavy atom. The smallest absolute Gasteiger partial charge is 0.136 e. The van der Waals surface area contributed by atoms with Crippen LogP contribution in [0.5, 0.6) is 0 Å². The lowest BCUT2D eigenvalue weighted by Gasteiger charge is -2.12. The van der Waals surface area contributed by atoms with Gasteiger partial charge < -0.3 is 10.1 Å². The van der Waals surface area contributed by atoms with Crippen LogP contribution in [0.15, 0.2) is 0 Å². The van der Waals surface area contributed by atoms with Crippen LogP contribution < -0.4 is 5.32 Å². The second kappa shape index (κ2) is 3.12. The molecule has 0 aliphatic carbocycles. The molecule has 1 aliphatic rings. The molecule has 10 heavy (non-hydrogen) atoms. The van der Waals surface area contributed by atoms with Gasteiger partial charge in [0.05, 0.1) is 12.0 Å². The Labute approximate surface area is 60.7 Å². The van der Waals surface area contributed by atoms with Gasteiger partial charge in [-0.05, 0) is 6.92 Å². The number of ether oxygens (including phenoxy) is 1. The van der Waals surface area contributed by atoms with Crippen molar-refractivity contribution in [2.75, 3.05) is 20.2 Å². The fourth-order valence-electron chi connectivity index (χ4n) is 1.31. The third-order valence-corrected chi connectivity index (χ3v) is 1.98. The second-order valence-electron chi connectivity index (χ2n) is 2.65. The molecule has 1 rings (SSSR count). The zero-order valence-electron chi connectivity index (χ0n) is 6.39. The van der Waals surface area contributed by atoms with E-state index < -0.39 is 0 Å². The summed E-state index contributed by atoms with van der Waals surface area (Å²) in [5.41, 5.74) is 0. The van der Waals surface area contributed by atoms with Crippen molar-refractivity contribution < 1.29 is 9.53 Å². The third-order valence-electron chi connectivity index (χ3n) is 1.98. The number of nitrogens with one attached hydrogen (secondary N) is 1. The van der Waals surface area contributed by atoms with Gasteiger partial charge in [0.1, 0.15) is 5.78 Å². The van der Waals surface area contributed by atoms with E-state index in [0.29, 0.717) is 0 Å². The van der Waals surface area contributed by atoms with Crippen molar-refractivity contribution in [2.45, 2.75) is 13.0 Å². The maximum Gasteiger partial charge on any atom is 0.136 e. The lowest BCUT2D eigenvalue weighted by atomic mass is 10.0. The standard InChI is InChI=1S/C7H13NO2/c1-5(9)6-3-8-4-7(6)10-2/h6-8H,3-4H2,1-2H3. The molecule has 0 aromatic heterocycles. The molecule has 3 nitrogen and oxygen atoms in total. The van der Waals surface area contributed by atoms with E-state index in [1.165, 1.54) is 0 Å². The first-order valence-electron chi connectivity index (χ1n) is 3.49. The highest BCUT2D eigenvalue weighted by Crippen LogP contribution is 2.12. The van der Waals surface area contributed by atoms with Gasteiger partial charge in [-0.2, -0.15) is 0 Å². The summed E-state index contributed by atoms with van der Waals surface area (Å²) >= 11 is 0. The predicted octanol–water partition coefficient (Wildman–Crippen LogP) is -0.190. The monoisotopic (exact) mass is 143 g/mol. The van der Waals surface area contributed by atoms with Crippen LogP contribution in [0.1, 0.15) is 6.92 Å². The molecule has 58 valence electrons. The highest BCUT2D eigenvalue weighted by atomic mass is 16.5. The Bertz CT molecular complexity index is 136. The molecule has 0 aromatic carbocycles. The highest BCUT2D eigenvalue weighted by molar-refractivity contribution is 5.79. The number of rotatable bonds is 2. The first-order chi connectivity index (χ1) is 4.75. The fraction of sp³-hybridized carbons (Fsp3) is 0.857. The maximum absolute atomic E-state index is 10.9. The normalized spacial score (nSPS) is 32.6. The Balaban J connectivity index is 2.50. The van der Waals surface area contributed by atoms with E-state index in [1.807, 2.05) is 0 Å². The van der Waals surface area contributed by atoms with Crippen LogP contribution in [0, 0.1) is 5.92 Å². The highest BCUT2D eigenvalue weighted by Gasteiger charge is 2.29. The molecule has 2 unspecified atom stereocenters. The van der Waals surface area contributed by atoms with E-state index >= 15 is 0 Å². The van der Waals surface area contributed by atoms with Gasteiger partial charge in [0.2, 0.25) is 0 Å². The van der Waals surface area contributed by atoms with Crippen molar-refractivity contribution in [1.82, 2.24) is 5.32 Å². The average Bonchev–Trinajstić information content (AvgIpc) is 2.33. The number of hydrogen-bond acceptors (Lipinski definition) is 3. The first kappa shape index (κ1) is 7.69. The molecule has 0 aromatic rings. The first-order valence-corrected chi connectivity index (χ1v) is 3.49. The van der Waals surface area contributed by atoms with Gasteiger partial charge in [-0.3, -0.25) is 4.79 Å². The van der Waals surface area contributed by atoms with E-state index in [0.717, 1.165) is 13.1 Å². The summed E-state index contributed by atoms with van der Waals surface area (Å²) in [6.45, 7) is 3.19. The molecule has 1 heterocycles. The van der Waals surface area contributed by atoms with Crippen LogP contribution in [0.4, 0.5) is 0 Å². The van der Waals surface area contributed by atoms with Crippen LogP contribution in [0.25, 0.3) is 0 Å². The molecule has 1 N–H and O–H groups in total. The molecule has 3 heteroatoms. The van der Waals surface area contributed by atoms with E-state index in [1.54, 1.807) is 14.0 Å². The van der Waals surface area contributed by atoms with Crippen LogP contribution in [-0.4, -0.2) is 32.1 Å². The quantitative estimate of drug-likeness (QED) is 0.582. The molecule has 0 spiro atoms. The molecule has 2 atom stereocenters. The number of methoxy groups -OCH3 is 1. The van der Waals surface area contributed by atoms with Gasteiger partial charge in [-0.1, -0.05) is 0 Å². The Morgan fingerprint density at radius 1 is 1.60 bits per heavy atom. The van der Waals surface area contributed by atoms with Crippen molar-refractivity contribution in [3.05, 3.63) is 0 Å². The minimum absolute atomic E-state index is 0.0741. The number of carbonyl (C=O) groups excluding carboxylic acids is 1. The van der Waals surface area contributed by atoms with Crippen molar-refractivity contribution in [3.8, 4) is 0 Å². The number of ketones is 1. The molecule has 1 saturated heterocycles. The Morgan fingerprint density at radius 2 is 2.30 bits per heavy atom. The van der Waals surface area contributed by atoms with Crippen LogP contribution >= 0.6 is 0 Å². The number of carbonyl (C=O) groups is 1. The summed E-state index contributed by atoms with van der Waals surface area (Å²) in [7, 11) is 1.65. The number of Topliss-reactive ketones (excluding diaryl/α,β-unsaturated/α-hetero) is 1.